The SMILES string of the molecule is CC[C@@H](C(=O)NC1CCCCC1)N(Cc1ccc(Cl)c(Cl)c1)C(=O)CN(c1cc(Cl)ccc1OC)S(=O)(=O)c1ccc(C)cc1. The molecule has 0 aliphatic heterocycles. The van der Waals surface area contributed by atoms with Crippen molar-refractivity contribution in [1.82, 2.24) is 10.2 Å². The van der Waals surface area contributed by atoms with Gasteiger partial charge < -0.3 is 15.0 Å². The molecule has 0 heterocycles. The number of aryl methyl sites for hydroxylation is 1. The van der Waals surface area contributed by atoms with Crippen LogP contribution in [0.3, 0.4) is 0 Å². The highest BCUT2D eigenvalue weighted by atomic mass is 35.5. The number of nitrogens with one attached hydrogen (secondary N) is 1. The molecule has 2 amide bonds. The van der Waals surface area contributed by atoms with Crippen LogP contribution >= 0.6 is 34.8 Å². The molecule has 8 nitrogen and oxygen atoms in total. The molecule has 12 heteroatoms. The Morgan fingerprint density at radius 3 is 2.27 bits per heavy atom. The van der Waals surface area contributed by atoms with Crippen LogP contribution in [0.5, 0.6) is 5.75 Å². The smallest absolute Gasteiger partial charge is 0.264 e. The quantitative estimate of drug-likeness (QED) is 0.213. The van der Waals surface area contributed by atoms with E-state index in [9.17, 15) is 18.0 Å². The number of amides is 2. The van der Waals surface area contributed by atoms with Crippen molar-refractivity contribution in [1.29, 1.82) is 0 Å². The van der Waals surface area contributed by atoms with E-state index >= 15 is 0 Å². The fourth-order valence-electron chi connectivity index (χ4n) is 5.51. The van der Waals surface area contributed by atoms with E-state index in [1.807, 2.05) is 13.8 Å². The van der Waals surface area contributed by atoms with Crippen LogP contribution in [0.25, 0.3) is 0 Å². The van der Waals surface area contributed by atoms with Crippen LogP contribution in [0.2, 0.25) is 15.1 Å². The van der Waals surface area contributed by atoms with Crippen molar-refractivity contribution in [2.24, 2.45) is 0 Å². The topological polar surface area (TPSA) is 96.0 Å². The molecule has 1 aliphatic rings. The van der Waals surface area contributed by atoms with Gasteiger partial charge in [0.1, 0.15) is 18.3 Å². The molecule has 3 aromatic carbocycles. The van der Waals surface area contributed by atoms with Crippen molar-refractivity contribution in [3.63, 3.8) is 0 Å². The van der Waals surface area contributed by atoms with Gasteiger partial charge in [-0.1, -0.05) is 84.8 Å². The second-order valence-corrected chi connectivity index (χ2v) is 14.3. The van der Waals surface area contributed by atoms with Crippen LogP contribution in [-0.2, 0) is 26.2 Å². The molecule has 4 rings (SSSR count). The molecule has 1 saturated carbocycles. The first-order chi connectivity index (χ1) is 21.4. The van der Waals surface area contributed by atoms with Crippen molar-refractivity contribution in [3.05, 3.63) is 86.9 Å². The highest BCUT2D eigenvalue weighted by Crippen LogP contribution is 2.35. The Kier molecular flexibility index (Phi) is 12.0. The van der Waals surface area contributed by atoms with E-state index in [1.54, 1.807) is 42.5 Å². The number of benzene rings is 3. The molecule has 1 fully saturated rings. The largest absolute Gasteiger partial charge is 0.495 e. The number of anilines is 1. The van der Waals surface area contributed by atoms with Crippen LogP contribution in [0.1, 0.15) is 56.6 Å². The Hall–Kier alpha value is -2.98. The van der Waals surface area contributed by atoms with Crippen molar-refractivity contribution in [2.45, 2.75) is 75.9 Å². The van der Waals surface area contributed by atoms with Gasteiger partial charge in [0.05, 0.1) is 27.7 Å². The molecular formula is C33H38Cl3N3O5S. The summed E-state index contributed by atoms with van der Waals surface area (Å²) in [7, 11) is -2.89. The van der Waals surface area contributed by atoms with Gasteiger partial charge in [-0.05, 0) is 74.2 Å². The molecule has 242 valence electrons. The van der Waals surface area contributed by atoms with Gasteiger partial charge in [0.2, 0.25) is 11.8 Å². The number of carbonyl (C=O) groups excluding carboxylic acids is 2. The first-order valence-corrected chi connectivity index (χ1v) is 17.5. The number of hydrogen-bond acceptors (Lipinski definition) is 5. The van der Waals surface area contributed by atoms with Gasteiger partial charge in [-0.2, -0.15) is 0 Å². The predicted molar refractivity (Wildman–Crippen MR) is 180 cm³/mol. The van der Waals surface area contributed by atoms with Crippen LogP contribution < -0.4 is 14.4 Å². The minimum Gasteiger partial charge on any atom is -0.495 e. The highest BCUT2D eigenvalue weighted by molar-refractivity contribution is 7.92. The van der Waals surface area contributed by atoms with E-state index < -0.39 is 28.5 Å². The summed E-state index contributed by atoms with van der Waals surface area (Å²) >= 11 is 18.8. The van der Waals surface area contributed by atoms with Crippen molar-refractivity contribution < 1.29 is 22.7 Å². The number of halogens is 3. The minimum absolute atomic E-state index is 0.00256. The molecule has 1 N–H and O–H groups in total. The number of carbonyl (C=O) groups is 2. The molecule has 1 atom stereocenters. The normalized spacial score (nSPS) is 14.4. The summed E-state index contributed by atoms with van der Waals surface area (Å²) in [4.78, 5) is 29.5. The van der Waals surface area contributed by atoms with Gasteiger partial charge in [-0.15, -0.1) is 0 Å². The van der Waals surface area contributed by atoms with Crippen LogP contribution in [0.4, 0.5) is 5.69 Å². The summed E-state index contributed by atoms with van der Waals surface area (Å²) in [6.07, 6.45) is 5.24. The summed E-state index contributed by atoms with van der Waals surface area (Å²) in [5.41, 5.74) is 1.60. The molecule has 0 radical (unpaired) electrons. The fourth-order valence-corrected chi connectivity index (χ4v) is 7.41. The summed E-state index contributed by atoms with van der Waals surface area (Å²) in [6, 6.07) is 15.0. The van der Waals surface area contributed by atoms with E-state index in [-0.39, 0.29) is 39.8 Å². The third-order valence-corrected chi connectivity index (χ3v) is 10.7. The van der Waals surface area contributed by atoms with E-state index in [0.717, 1.165) is 42.0 Å². The zero-order valence-corrected chi connectivity index (χ0v) is 28.6. The second kappa shape index (κ2) is 15.5. The zero-order chi connectivity index (χ0) is 32.7. The summed E-state index contributed by atoms with van der Waals surface area (Å²) in [5.74, 6) is -0.670. The molecule has 0 bridgehead atoms. The van der Waals surface area contributed by atoms with Crippen LogP contribution in [0, 0.1) is 6.92 Å². The average Bonchev–Trinajstić information content (AvgIpc) is 3.02. The van der Waals surface area contributed by atoms with Gasteiger partial charge in [-0.25, -0.2) is 8.42 Å². The Bertz CT molecular complexity index is 1610. The van der Waals surface area contributed by atoms with Gasteiger partial charge in [0, 0.05) is 17.6 Å². The van der Waals surface area contributed by atoms with Crippen molar-refractivity contribution >= 4 is 62.3 Å². The summed E-state index contributed by atoms with van der Waals surface area (Å²) in [6.45, 7) is 3.04. The second-order valence-electron chi connectivity index (χ2n) is 11.2. The Labute approximate surface area is 280 Å². The molecule has 0 aromatic heterocycles. The number of hydrogen-bond donors (Lipinski definition) is 1. The van der Waals surface area contributed by atoms with E-state index in [0.29, 0.717) is 22.0 Å². The first kappa shape index (κ1) is 34.9. The van der Waals surface area contributed by atoms with Gasteiger partial charge >= 0.3 is 0 Å². The lowest BCUT2D eigenvalue weighted by molar-refractivity contribution is -0.140. The fraction of sp³-hybridized carbons (Fsp3) is 0.394. The van der Waals surface area contributed by atoms with E-state index in [4.69, 9.17) is 39.5 Å². The third-order valence-electron chi connectivity index (χ3n) is 7.97. The molecule has 45 heavy (non-hydrogen) atoms. The number of rotatable bonds is 12. The Morgan fingerprint density at radius 2 is 1.64 bits per heavy atom. The lowest BCUT2D eigenvalue weighted by Crippen LogP contribution is -2.54. The van der Waals surface area contributed by atoms with Crippen LogP contribution in [-0.4, -0.2) is 50.9 Å². The maximum Gasteiger partial charge on any atom is 0.264 e. The number of methoxy groups -OCH3 is 1. The minimum atomic E-state index is -4.30. The monoisotopic (exact) mass is 693 g/mol. The lowest BCUT2D eigenvalue weighted by Gasteiger charge is -2.34. The maximum absolute atomic E-state index is 14.4. The Morgan fingerprint density at radius 1 is 0.956 bits per heavy atom. The molecule has 3 aromatic rings. The van der Waals surface area contributed by atoms with E-state index in [1.165, 1.54) is 30.2 Å². The van der Waals surface area contributed by atoms with Crippen molar-refractivity contribution in [2.75, 3.05) is 18.0 Å². The van der Waals surface area contributed by atoms with E-state index in [2.05, 4.69) is 5.32 Å². The molecule has 0 spiro atoms. The zero-order valence-electron chi connectivity index (χ0n) is 25.6. The summed E-state index contributed by atoms with van der Waals surface area (Å²) < 4.78 is 34.9. The lowest BCUT2D eigenvalue weighted by atomic mass is 9.95. The predicted octanol–water partition coefficient (Wildman–Crippen LogP) is 7.42. The number of sulfonamides is 1. The van der Waals surface area contributed by atoms with Crippen LogP contribution in [0.15, 0.2) is 65.6 Å². The van der Waals surface area contributed by atoms with Gasteiger partial charge in [0.25, 0.3) is 10.0 Å². The average molecular weight is 695 g/mol. The highest BCUT2D eigenvalue weighted by Gasteiger charge is 2.35. The molecule has 0 saturated heterocycles. The molecular weight excluding hydrogens is 657 g/mol. The maximum atomic E-state index is 14.4. The Balaban J connectivity index is 1.77. The molecule has 1 aliphatic carbocycles. The van der Waals surface area contributed by atoms with Gasteiger partial charge in [0.15, 0.2) is 0 Å². The third kappa shape index (κ3) is 8.64. The summed E-state index contributed by atoms with van der Waals surface area (Å²) in [5, 5.41) is 4.04. The number of ether oxygens (including phenoxy) is 1. The molecule has 0 unspecified atom stereocenters. The van der Waals surface area contributed by atoms with Gasteiger partial charge in [-0.3, -0.25) is 13.9 Å². The van der Waals surface area contributed by atoms with Crippen molar-refractivity contribution in [3.8, 4) is 5.75 Å². The number of nitrogens with zero attached hydrogens (tertiary/aromatic N) is 2. The first-order valence-electron chi connectivity index (χ1n) is 14.9. The standard InChI is InChI=1S/C33H38Cl3N3O5S/c1-4-29(33(41)37-25-8-6-5-7-9-25)38(20-23-12-16-27(35)28(36)18-23)32(40)21-39(30-19-24(34)13-17-31(30)44-3)45(42,43)26-14-10-22(2)11-15-26/h10-19,25,29H,4-9,20-21H2,1-3H3,(H,37,41)/t29-/m0/s1.